The van der Waals surface area contributed by atoms with Crippen LogP contribution < -0.4 is 9.64 Å². The number of likely N-dealkylation sites (tertiary alicyclic amines) is 1. The SMILES string of the molecule is COc1ccccc1CN1CCC[C@@H]1c1c(-c2ccnc(N3CCCC3)n2)cnn1CCO. The van der Waals surface area contributed by atoms with Crippen molar-refractivity contribution < 1.29 is 9.84 Å². The lowest BCUT2D eigenvalue weighted by Crippen LogP contribution is -2.26. The highest BCUT2D eigenvalue weighted by atomic mass is 16.5. The Morgan fingerprint density at radius 2 is 1.94 bits per heavy atom. The molecule has 0 radical (unpaired) electrons. The number of aromatic nitrogens is 4. The summed E-state index contributed by atoms with van der Waals surface area (Å²) >= 11 is 0. The van der Waals surface area contributed by atoms with Crippen LogP contribution in [0.2, 0.25) is 0 Å². The topological polar surface area (TPSA) is 79.5 Å². The Balaban J connectivity index is 1.49. The van der Waals surface area contributed by atoms with Gasteiger partial charge in [0.2, 0.25) is 5.95 Å². The minimum Gasteiger partial charge on any atom is -0.496 e. The Kier molecular flexibility index (Phi) is 6.55. The summed E-state index contributed by atoms with van der Waals surface area (Å²) in [5.74, 6) is 1.71. The highest BCUT2D eigenvalue weighted by molar-refractivity contribution is 5.63. The minimum atomic E-state index is 0.0517. The van der Waals surface area contributed by atoms with Gasteiger partial charge in [0.15, 0.2) is 0 Å². The first-order valence-corrected chi connectivity index (χ1v) is 11.9. The molecule has 2 saturated heterocycles. The van der Waals surface area contributed by atoms with Gasteiger partial charge in [0.05, 0.1) is 43.9 Å². The summed E-state index contributed by atoms with van der Waals surface area (Å²) in [4.78, 5) is 14.2. The molecule has 0 aliphatic carbocycles. The van der Waals surface area contributed by atoms with Gasteiger partial charge >= 0.3 is 0 Å². The molecule has 2 aliphatic rings. The van der Waals surface area contributed by atoms with Crippen LogP contribution in [-0.2, 0) is 13.1 Å². The number of nitrogens with zero attached hydrogens (tertiary/aromatic N) is 6. The van der Waals surface area contributed by atoms with E-state index in [1.807, 2.05) is 35.3 Å². The Morgan fingerprint density at radius 3 is 2.76 bits per heavy atom. The zero-order valence-electron chi connectivity index (χ0n) is 19.2. The predicted molar refractivity (Wildman–Crippen MR) is 127 cm³/mol. The number of benzene rings is 1. The maximum atomic E-state index is 9.70. The van der Waals surface area contributed by atoms with E-state index in [-0.39, 0.29) is 12.6 Å². The van der Waals surface area contributed by atoms with Gasteiger partial charge in [-0.15, -0.1) is 0 Å². The van der Waals surface area contributed by atoms with Crippen molar-refractivity contribution in [2.45, 2.75) is 44.8 Å². The van der Waals surface area contributed by atoms with Gasteiger partial charge < -0.3 is 14.7 Å². The van der Waals surface area contributed by atoms with E-state index in [0.717, 1.165) is 67.7 Å². The van der Waals surface area contributed by atoms with E-state index >= 15 is 0 Å². The van der Waals surface area contributed by atoms with Crippen LogP contribution in [0, 0.1) is 0 Å². The third-order valence-corrected chi connectivity index (χ3v) is 6.75. The summed E-state index contributed by atoms with van der Waals surface area (Å²) < 4.78 is 7.56. The molecule has 2 aromatic heterocycles. The number of ether oxygens (including phenoxy) is 1. The van der Waals surface area contributed by atoms with E-state index in [4.69, 9.17) is 9.72 Å². The van der Waals surface area contributed by atoms with Gasteiger partial charge in [0, 0.05) is 37.0 Å². The fourth-order valence-electron chi connectivity index (χ4n) is 5.16. The second-order valence-electron chi connectivity index (χ2n) is 8.77. The zero-order valence-corrected chi connectivity index (χ0v) is 19.2. The van der Waals surface area contributed by atoms with Crippen LogP contribution in [0.3, 0.4) is 0 Å². The molecule has 33 heavy (non-hydrogen) atoms. The summed E-state index contributed by atoms with van der Waals surface area (Å²) in [6.45, 7) is 4.36. The zero-order chi connectivity index (χ0) is 22.6. The molecule has 0 amide bonds. The van der Waals surface area contributed by atoms with Gasteiger partial charge in [0.25, 0.3) is 0 Å². The highest BCUT2D eigenvalue weighted by Crippen LogP contribution is 2.39. The molecule has 0 saturated carbocycles. The lowest BCUT2D eigenvalue weighted by Gasteiger charge is -2.27. The van der Waals surface area contributed by atoms with Crippen LogP contribution in [0.1, 0.15) is 43.0 Å². The number of hydrogen-bond donors (Lipinski definition) is 1. The van der Waals surface area contributed by atoms with Gasteiger partial charge in [-0.05, 0) is 44.4 Å². The van der Waals surface area contributed by atoms with Crippen molar-refractivity contribution in [2.24, 2.45) is 0 Å². The fourth-order valence-corrected chi connectivity index (χ4v) is 5.16. The Labute approximate surface area is 194 Å². The molecule has 2 aliphatic heterocycles. The molecule has 3 aromatic rings. The number of aliphatic hydroxyl groups excluding tert-OH is 1. The first kappa shape index (κ1) is 21.9. The van der Waals surface area contributed by atoms with Gasteiger partial charge in [0.1, 0.15) is 5.75 Å². The van der Waals surface area contributed by atoms with Crippen molar-refractivity contribution in [3.8, 4) is 17.0 Å². The normalized spacial score (nSPS) is 18.8. The Hall–Kier alpha value is -2.97. The van der Waals surface area contributed by atoms with Crippen LogP contribution in [0.25, 0.3) is 11.3 Å². The van der Waals surface area contributed by atoms with Gasteiger partial charge in [-0.1, -0.05) is 18.2 Å². The summed E-state index contributed by atoms with van der Waals surface area (Å²) in [5, 5.41) is 14.4. The second kappa shape index (κ2) is 9.89. The number of para-hydroxylation sites is 1. The van der Waals surface area contributed by atoms with Crippen molar-refractivity contribution >= 4 is 5.95 Å². The lowest BCUT2D eigenvalue weighted by molar-refractivity contribution is 0.224. The third kappa shape index (κ3) is 4.45. The quantitative estimate of drug-likeness (QED) is 0.566. The van der Waals surface area contributed by atoms with E-state index in [0.29, 0.717) is 6.54 Å². The fraction of sp³-hybridized carbons (Fsp3) is 0.480. The molecule has 1 atom stereocenters. The van der Waals surface area contributed by atoms with E-state index in [2.05, 4.69) is 32.0 Å². The van der Waals surface area contributed by atoms with E-state index < -0.39 is 0 Å². The van der Waals surface area contributed by atoms with Crippen LogP contribution in [0.4, 0.5) is 5.95 Å². The summed E-state index contributed by atoms with van der Waals surface area (Å²) in [5.41, 5.74) is 4.24. The highest BCUT2D eigenvalue weighted by Gasteiger charge is 2.32. The summed E-state index contributed by atoms with van der Waals surface area (Å²) in [6, 6.07) is 10.4. The smallest absolute Gasteiger partial charge is 0.225 e. The van der Waals surface area contributed by atoms with Crippen LogP contribution >= 0.6 is 0 Å². The second-order valence-corrected chi connectivity index (χ2v) is 8.77. The van der Waals surface area contributed by atoms with Gasteiger partial charge in [-0.2, -0.15) is 5.10 Å². The molecule has 0 spiro atoms. The number of hydrogen-bond acceptors (Lipinski definition) is 7. The molecule has 1 aromatic carbocycles. The molecule has 0 unspecified atom stereocenters. The Morgan fingerprint density at radius 1 is 1.09 bits per heavy atom. The molecule has 2 fully saturated rings. The molecular formula is C25H32N6O2. The Bertz CT molecular complexity index is 1080. The number of aliphatic hydroxyl groups is 1. The monoisotopic (exact) mass is 448 g/mol. The first-order chi connectivity index (χ1) is 16.3. The first-order valence-electron chi connectivity index (χ1n) is 11.9. The number of anilines is 1. The molecule has 174 valence electrons. The third-order valence-electron chi connectivity index (χ3n) is 6.75. The summed E-state index contributed by atoms with van der Waals surface area (Å²) in [6.07, 6.45) is 8.29. The average Bonchev–Trinajstić information content (AvgIpc) is 3.61. The van der Waals surface area contributed by atoms with Gasteiger partial charge in [-0.25, -0.2) is 9.97 Å². The standard InChI is InChI=1S/C25H32N6O2/c1-33-23-9-3-2-7-19(23)18-30-14-6-8-22(30)24-20(17-27-31(24)15-16-32)21-10-11-26-25(28-21)29-12-4-5-13-29/h2-3,7,9-11,17,22,32H,4-6,8,12-16,18H2,1H3/t22-/m1/s1. The van der Waals surface area contributed by atoms with Crippen LogP contribution in [0.15, 0.2) is 42.7 Å². The number of rotatable bonds is 8. The van der Waals surface area contributed by atoms with Crippen molar-refractivity contribution in [1.82, 2.24) is 24.6 Å². The molecule has 1 N–H and O–H groups in total. The van der Waals surface area contributed by atoms with Crippen molar-refractivity contribution in [2.75, 3.05) is 38.3 Å². The summed E-state index contributed by atoms with van der Waals surface area (Å²) in [7, 11) is 1.72. The van der Waals surface area contributed by atoms with Crippen molar-refractivity contribution in [1.29, 1.82) is 0 Å². The lowest BCUT2D eigenvalue weighted by atomic mass is 10.0. The van der Waals surface area contributed by atoms with Crippen LogP contribution in [-0.4, -0.2) is 63.1 Å². The van der Waals surface area contributed by atoms with E-state index in [9.17, 15) is 5.11 Å². The maximum absolute atomic E-state index is 9.70. The maximum Gasteiger partial charge on any atom is 0.225 e. The minimum absolute atomic E-state index is 0.0517. The molecule has 0 bridgehead atoms. The molecule has 8 heteroatoms. The molecular weight excluding hydrogens is 416 g/mol. The van der Waals surface area contributed by atoms with E-state index in [1.165, 1.54) is 18.4 Å². The van der Waals surface area contributed by atoms with Crippen molar-refractivity contribution in [3.05, 3.63) is 54.0 Å². The largest absolute Gasteiger partial charge is 0.496 e. The van der Waals surface area contributed by atoms with E-state index in [1.54, 1.807) is 7.11 Å². The molecule has 8 nitrogen and oxygen atoms in total. The molecule has 5 rings (SSSR count). The van der Waals surface area contributed by atoms with Gasteiger partial charge in [-0.3, -0.25) is 9.58 Å². The predicted octanol–water partition coefficient (Wildman–Crippen LogP) is 3.28. The van der Waals surface area contributed by atoms with Crippen molar-refractivity contribution in [3.63, 3.8) is 0 Å². The van der Waals surface area contributed by atoms with Crippen LogP contribution in [0.5, 0.6) is 5.75 Å². The average molecular weight is 449 g/mol. The number of methoxy groups -OCH3 is 1. The molecule has 4 heterocycles.